The number of carbonyl (C=O) groups is 2. The summed E-state index contributed by atoms with van der Waals surface area (Å²) in [5, 5.41) is 3.39. The molecule has 0 saturated heterocycles. The van der Waals surface area contributed by atoms with Crippen LogP contribution in [0.5, 0.6) is 11.5 Å². The number of hydrogen-bond acceptors (Lipinski definition) is 7. The molecule has 0 radical (unpaired) electrons. The van der Waals surface area contributed by atoms with E-state index in [2.05, 4.69) is 17.4 Å². The topological polar surface area (TPSA) is 83.1 Å². The second-order valence-corrected chi connectivity index (χ2v) is 9.32. The Labute approximate surface area is 218 Å². The van der Waals surface area contributed by atoms with Gasteiger partial charge in [0.05, 0.1) is 25.9 Å². The first kappa shape index (κ1) is 26.5. The standard InChI is InChI=1S/C30H35NO6/c1-5-13-36-25-12-11-21(18-26(25)35-4)28-27(30(33)37-15-14-34-3)19(2)31-23-16-22(17-24(32)29(23)28)20-9-7-6-8-10-20/h6-12,18,22,28,31H,5,13-17H2,1-4H3/t22-,28-/m1/s1. The molecular formula is C30H35NO6. The van der Waals surface area contributed by atoms with E-state index in [-0.39, 0.29) is 18.3 Å². The fraction of sp³-hybridized carbons (Fsp3) is 0.400. The Hall–Kier alpha value is -3.58. The summed E-state index contributed by atoms with van der Waals surface area (Å²) in [4.78, 5) is 27.1. The van der Waals surface area contributed by atoms with Crippen LogP contribution in [0.3, 0.4) is 0 Å². The monoisotopic (exact) mass is 505 g/mol. The molecule has 0 aromatic heterocycles. The molecule has 0 spiro atoms. The molecule has 2 aromatic carbocycles. The lowest BCUT2D eigenvalue weighted by Gasteiger charge is -2.36. The van der Waals surface area contributed by atoms with Gasteiger partial charge in [0, 0.05) is 36.4 Å². The summed E-state index contributed by atoms with van der Waals surface area (Å²) < 4.78 is 22.0. The number of ether oxygens (including phenoxy) is 4. The third-order valence-corrected chi connectivity index (χ3v) is 6.82. The highest BCUT2D eigenvalue weighted by Gasteiger charge is 2.41. The molecule has 0 bridgehead atoms. The molecule has 1 aliphatic heterocycles. The minimum atomic E-state index is -0.579. The Morgan fingerprint density at radius 1 is 0.973 bits per heavy atom. The molecule has 37 heavy (non-hydrogen) atoms. The number of benzene rings is 2. The highest BCUT2D eigenvalue weighted by molar-refractivity contribution is 6.04. The molecule has 0 amide bonds. The maximum Gasteiger partial charge on any atom is 0.336 e. The predicted octanol–water partition coefficient (Wildman–Crippen LogP) is 5.04. The SMILES string of the molecule is CCCOc1ccc([C@@H]2C(C(=O)OCCOC)=C(C)NC3=C2C(=O)C[C@H](c2ccccc2)C3)cc1OC. The van der Waals surface area contributed by atoms with Gasteiger partial charge in [0.25, 0.3) is 0 Å². The molecule has 196 valence electrons. The van der Waals surface area contributed by atoms with Crippen molar-refractivity contribution in [1.29, 1.82) is 0 Å². The van der Waals surface area contributed by atoms with Crippen molar-refractivity contribution < 1.29 is 28.5 Å². The second kappa shape index (κ2) is 12.1. The van der Waals surface area contributed by atoms with Gasteiger partial charge in [0.15, 0.2) is 17.3 Å². The molecular weight excluding hydrogens is 470 g/mol. The Kier molecular flexibility index (Phi) is 8.66. The van der Waals surface area contributed by atoms with Gasteiger partial charge in [-0.05, 0) is 48.9 Å². The third-order valence-electron chi connectivity index (χ3n) is 6.82. The third kappa shape index (κ3) is 5.72. The van der Waals surface area contributed by atoms with Crippen molar-refractivity contribution in [3.63, 3.8) is 0 Å². The van der Waals surface area contributed by atoms with Crippen molar-refractivity contribution in [3.05, 3.63) is 82.2 Å². The first-order valence-corrected chi connectivity index (χ1v) is 12.7. The van der Waals surface area contributed by atoms with Gasteiger partial charge < -0.3 is 24.3 Å². The summed E-state index contributed by atoms with van der Waals surface area (Å²) in [7, 11) is 3.14. The highest BCUT2D eigenvalue weighted by atomic mass is 16.6. The normalized spacial score (nSPS) is 19.3. The molecule has 1 heterocycles. The van der Waals surface area contributed by atoms with Crippen molar-refractivity contribution in [2.75, 3.05) is 34.0 Å². The van der Waals surface area contributed by atoms with E-state index in [1.807, 2.05) is 50.2 Å². The van der Waals surface area contributed by atoms with E-state index in [1.165, 1.54) is 0 Å². The maximum atomic E-state index is 13.7. The molecule has 7 nitrogen and oxygen atoms in total. The zero-order valence-corrected chi connectivity index (χ0v) is 22.0. The number of dihydropyridines is 1. The number of allylic oxidation sites excluding steroid dienone is 3. The largest absolute Gasteiger partial charge is 0.493 e. The number of nitrogens with one attached hydrogen (secondary N) is 1. The summed E-state index contributed by atoms with van der Waals surface area (Å²) in [6, 6.07) is 15.7. The fourth-order valence-electron chi connectivity index (χ4n) is 5.09. The number of esters is 1. The molecule has 0 saturated carbocycles. The van der Waals surface area contributed by atoms with E-state index in [0.717, 1.165) is 23.2 Å². The summed E-state index contributed by atoms with van der Waals surface area (Å²) in [6.45, 7) is 4.88. The van der Waals surface area contributed by atoms with E-state index in [1.54, 1.807) is 14.2 Å². The lowest BCUT2D eigenvalue weighted by atomic mass is 9.71. The minimum Gasteiger partial charge on any atom is -0.493 e. The number of carbonyl (C=O) groups excluding carboxylic acids is 2. The summed E-state index contributed by atoms with van der Waals surface area (Å²) >= 11 is 0. The molecule has 4 rings (SSSR count). The van der Waals surface area contributed by atoms with Gasteiger partial charge in [0.1, 0.15) is 6.61 Å². The molecule has 1 aliphatic carbocycles. The van der Waals surface area contributed by atoms with Crippen LogP contribution in [0.4, 0.5) is 0 Å². The van der Waals surface area contributed by atoms with Gasteiger partial charge in [-0.1, -0.05) is 43.3 Å². The first-order chi connectivity index (χ1) is 18.0. The summed E-state index contributed by atoms with van der Waals surface area (Å²) in [5.74, 6) is 0.226. The van der Waals surface area contributed by atoms with Gasteiger partial charge in [-0.3, -0.25) is 4.79 Å². The second-order valence-electron chi connectivity index (χ2n) is 9.32. The van der Waals surface area contributed by atoms with Crippen LogP contribution < -0.4 is 14.8 Å². The van der Waals surface area contributed by atoms with Gasteiger partial charge in [-0.25, -0.2) is 4.79 Å². The Bertz CT molecular complexity index is 1200. The zero-order valence-electron chi connectivity index (χ0n) is 22.0. The van der Waals surface area contributed by atoms with Crippen LogP contribution in [-0.2, 0) is 19.1 Å². The Balaban J connectivity index is 1.77. The van der Waals surface area contributed by atoms with E-state index < -0.39 is 11.9 Å². The molecule has 2 aliphatic rings. The lowest BCUT2D eigenvalue weighted by molar-refractivity contribution is -0.140. The van der Waals surface area contributed by atoms with Crippen LogP contribution >= 0.6 is 0 Å². The Morgan fingerprint density at radius 3 is 2.46 bits per heavy atom. The van der Waals surface area contributed by atoms with Crippen molar-refractivity contribution >= 4 is 11.8 Å². The van der Waals surface area contributed by atoms with Crippen LogP contribution in [-0.4, -0.2) is 45.8 Å². The maximum absolute atomic E-state index is 13.7. The number of methoxy groups -OCH3 is 2. The quantitative estimate of drug-likeness (QED) is 0.358. The van der Waals surface area contributed by atoms with E-state index in [4.69, 9.17) is 18.9 Å². The van der Waals surface area contributed by atoms with Gasteiger partial charge in [-0.15, -0.1) is 0 Å². The zero-order chi connectivity index (χ0) is 26.4. The van der Waals surface area contributed by atoms with Crippen LogP contribution in [0.2, 0.25) is 0 Å². The number of hydrogen-bond donors (Lipinski definition) is 1. The number of rotatable bonds is 10. The van der Waals surface area contributed by atoms with E-state index in [9.17, 15) is 9.59 Å². The molecule has 7 heteroatoms. The average molecular weight is 506 g/mol. The van der Waals surface area contributed by atoms with Crippen LogP contribution in [0.15, 0.2) is 71.1 Å². The van der Waals surface area contributed by atoms with Crippen molar-refractivity contribution in [2.24, 2.45) is 0 Å². The van der Waals surface area contributed by atoms with Gasteiger partial charge in [-0.2, -0.15) is 0 Å². The fourth-order valence-corrected chi connectivity index (χ4v) is 5.09. The molecule has 1 N–H and O–H groups in total. The predicted molar refractivity (Wildman–Crippen MR) is 141 cm³/mol. The Morgan fingerprint density at radius 2 is 1.76 bits per heavy atom. The lowest BCUT2D eigenvalue weighted by Crippen LogP contribution is -2.36. The minimum absolute atomic E-state index is 0.0209. The summed E-state index contributed by atoms with van der Waals surface area (Å²) in [5.41, 5.74) is 4.47. The van der Waals surface area contributed by atoms with Crippen LogP contribution in [0.1, 0.15) is 56.1 Å². The molecule has 2 atom stereocenters. The molecule has 0 fully saturated rings. The highest BCUT2D eigenvalue weighted by Crippen LogP contribution is 2.47. The smallest absolute Gasteiger partial charge is 0.336 e. The molecule has 0 unspecified atom stereocenters. The van der Waals surface area contributed by atoms with Crippen LogP contribution in [0, 0.1) is 0 Å². The average Bonchev–Trinajstić information content (AvgIpc) is 2.91. The van der Waals surface area contributed by atoms with E-state index in [0.29, 0.717) is 54.4 Å². The van der Waals surface area contributed by atoms with Crippen molar-refractivity contribution in [3.8, 4) is 11.5 Å². The van der Waals surface area contributed by atoms with Gasteiger partial charge >= 0.3 is 5.97 Å². The van der Waals surface area contributed by atoms with Crippen molar-refractivity contribution in [2.45, 2.75) is 44.9 Å². The van der Waals surface area contributed by atoms with Crippen LogP contribution in [0.25, 0.3) is 0 Å². The van der Waals surface area contributed by atoms with Crippen molar-refractivity contribution in [1.82, 2.24) is 5.32 Å². The number of ketones is 1. The summed E-state index contributed by atoms with van der Waals surface area (Å²) in [6.07, 6.45) is 1.92. The van der Waals surface area contributed by atoms with Gasteiger partial charge in [0.2, 0.25) is 0 Å². The number of Topliss-reactive ketones (excluding diaryl/α,β-unsaturated/α-hetero) is 1. The van der Waals surface area contributed by atoms with E-state index >= 15 is 0 Å². The first-order valence-electron chi connectivity index (χ1n) is 12.7. The molecule has 2 aromatic rings.